The first-order chi connectivity index (χ1) is 13.6. The Morgan fingerprint density at radius 2 is 2.07 bits per heavy atom. The average Bonchev–Trinajstić information content (AvgIpc) is 3.05. The molecule has 7 nitrogen and oxygen atoms in total. The molecule has 1 aliphatic rings. The highest BCUT2D eigenvalue weighted by atomic mass is 16.1. The maximum absolute atomic E-state index is 12.8. The fourth-order valence-electron chi connectivity index (χ4n) is 3.35. The van der Waals surface area contributed by atoms with Crippen molar-refractivity contribution >= 4 is 39.7 Å². The molecule has 3 aromatic rings. The van der Waals surface area contributed by atoms with Gasteiger partial charge in [0, 0.05) is 36.3 Å². The quantitative estimate of drug-likeness (QED) is 0.418. The molecule has 0 atom stereocenters. The summed E-state index contributed by atoms with van der Waals surface area (Å²) < 4.78 is 1.85. The summed E-state index contributed by atoms with van der Waals surface area (Å²) in [6, 6.07) is 14.8. The van der Waals surface area contributed by atoms with Crippen LogP contribution in [-0.4, -0.2) is 22.0 Å². The number of Topliss-reactive ketones (excluding diaryl/α,β-unsaturated/α-hetero) is 1. The number of hydrogen-bond acceptors (Lipinski definition) is 5. The van der Waals surface area contributed by atoms with Gasteiger partial charge in [-0.1, -0.05) is 18.2 Å². The number of amides is 1. The molecule has 2 heterocycles. The monoisotopic (exact) mass is 371 g/mol. The predicted molar refractivity (Wildman–Crippen MR) is 107 cm³/mol. The summed E-state index contributed by atoms with van der Waals surface area (Å²) in [5.41, 5.74) is 6.32. The van der Waals surface area contributed by atoms with E-state index in [1.54, 1.807) is 18.3 Å². The molecule has 0 unspecified atom stereocenters. The first-order valence-corrected chi connectivity index (χ1v) is 8.82. The highest BCUT2D eigenvalue weighted by Gasteiger charge is 2.19. The van der Waals surface area contributed by atoms with Gasteiger partial charge in [-0.05, 0) is 36.2 Å². The number of benzene rings is 2. The van der Waals surface area contributed by atoms with Gasteiger partial charge in [0.1, 0.15) is 6.07 Å². The molecular formula is C21H17N5O2. The van der Waals surface area contributed by atoms with Gasteiger partial charge in [-0.25, -0.2) is 0 Å². The van der Waals surface area contributed by atoms with Crippen LogP contribution < -0.4 is 10.7 Å². The van der Waals surface area contributed by atoms with E-state index in [9.17, 15) is 14.9 Å². The second kappa shape index (κ2) is 7.00. The molecule has 28 heavy (non-hydrogen) atoms. The summed E-state index contributed by atoms with van der Waals surface area (Å²) in [7, 11) is 1.85. The molecule has 1 aliphatic heterocycles. The number of carbonyl (C=O) groups excluding carboxylic acids is 2. The van der Waals surface area contributed by atoms with E-state index in [1.165, 1.54) is 0 Å². The molecule has 2 N–H and O–H groups in total. The van der Waals surface area contributed by atoms with Crippen molar-refractivity contribution in [2.24, 2.45) is 12.1 Å². The van der Waals surface area contributed by atoms with Gasteiger partial charge in [0.2, 0.25) is 17.4 Å². The molecule has 1 amide bonds. The number of nitriles is 1. The lowest BCUT2D eigenvalue weighted by atomic mass is 10.0. The Kier molecular flexibility index (Phi) is 4.38. The van der Waals surface area contributed by atoms with Crippen LogP contribution in [0.3, 0.4) is 0 Å². The lowest BCUT2D eigenvalue weighted by molar-refractivity contribution is -0.116. The maximum atomic E-state index is 12.8. The number of fused-ring (bicyclic) bond motifs is 2. The van der Waals surface area contributed by atoms with E-state index in [0.717, 1.165) is 22.2 Å². The van der Waals surface area contributed by atoms with Crippen LogP contribution >= 0.6 is 0 Å². The number of aromatic nitrogens is 1. The van der Waals surface area contributed by atoms with Gasteiger partial charge in [0.25, 0.3) is 0 Å². The third-order valence-electron chi connectivity index (χ3n) is 4.76. The molecule has 4 rings (SSSR count). The highest BCUT2D eigenvalue weighted by Crippen LogP contribution is 2.26. The molecule has 0 saturated carbocycles. The minimum absolute atomic E-state index is 0.00122. The zero-order chi connectivity index (χ0) is 19.7. The van der Waals surface area contributed by atoms with E-state index >= 15 is 0 Å². The van der Waals surface area contributed by atoms with Crippen molar-refractivity contribution < 1.29 is 9.59 Å². The lowest BCUT2D eigenvalue weighted by Crippen LogP contribution is -2.19. The summed E-state index contributed by atoms with van der Waals surface area (Å²) in [5, 5.41) is 17.1. The Balaban J connectivity index is 1.60. The second-order valence-electron chi connectivity index (χ2n) is 6.60. The standard InChI is InChI=1S/C21H17N5O2/c1-26-12-16(15-4-2-3-5-19(15)26)21(28)18(11-22)25-24-14-7-8-17-13(10-14)6-9-20(27)23-17/h2-5,7-8,10,12,24H,6,9H2,1H3,(H,23,27)/b25-18+. The minimum atomic E-state index is -0.433. The van der Waals surface area contributed by atoms with Crippen molar-refractivity contribution in [2.75, 3.05) is 10.7 Å². The smallest absolute Gasteiger partial charge is 0.226 e. The molecule has 0 aliphatic carbocycles. The normalized spacial score (nSPS) is 13.6. The second-order valence-corrected chi connectivity index (χ2v) is 6.60. The molecule has 0 bridgehead atoms. The Hall–Kier alpha value is -3.92. The molecule has 1 aromatic heterocycles. The number of carbonyl (C=O) groups is 2. The molecule has 0 spiro atoms. The zero-order valence-corrected chi connectivity index (χ0v) is 15.2. The van der Waals surface area contributed by atoms with Crippen LogP contribution in [0, 0.1) is 11.3 Å². The lowest BCUT2D eigenvalue weighted by Gasteiger charge is -2.17. The Morgan fingerprint density at radius 3 is 2.89 bits per heavy atom. The van der Waals surface area contributed by atoms with Gasteiger partial charge >= 0.3 is 0 Å². The third-order valence-corrected chi connectivity index (χ3v) is 4.76. The van der Waals surface area contributed by atoms with Crippen LogP contribution in [0.25, 0.3) is 10.9 Å². The molecular weight excluding hydrogens is 354 g/mol. The van der Waals surface area contributed by atoms with Crippen molar-refractivity contribution in [3.63, 3.8) is 0 Å². The number of para-hydroxylation sites is 1. The maximum Gasteiger partial charge on any atom is 0.226 e. The van der Waals surface area contributed by atoms with E-state index in [0.29, 0.717) is 24.1 Å². The van der Waals surface area contributed by atoms with Crippen LogP contribution in [0.15, 0.2) is 53.8 Å². The van der Waals surface area contributed by atoms with Crippen LogP contribution in [0.2, 0.25) is 0 Å². The number of ketones is 1. The summed E-state index contributed by atoms with van der Waals surface area (Å²) >= 11 is 0. The van der Waals surface area contributed by atoms with Crippen molar-refractivity contribution in [3.05, 3.63) is 59.8 Å². The van der Waals surface area contributed by atoms with Crippen molar-refractivity contribution in [2.45, 2.75) is 12.8 Å². The van der Waals surface area contributed by atoms with Crippen LogP contribution in [-0.2, 0) is 18.3 Å². The molecule has 0 radical (unpaired) electrons. The van der Waals surface area contributed by atoms with E-state index in [4.69, 9.17) is 0 Å². The number of nitrogens with one attached hydrogen (secondary N) is 2. The van der Waals surface area contributed by atoms with E-state index < -0.39 is 5.78 Å². The van der Waals surface area contributed by atoms with Crippen molar-refractivity contribution in [3.8, 4) is 6.07 Å². The number of aryl methyl sites for hydroxylation is 2. The highest BCUT2D eigenvalue weighted by molar-refractivity contribution is 6.53. The molecule has 7 heteroatoms. The summed E-state index contributed by atoms with van der Waals surface area (Å²) in [6.45, 7) is 0. The summed E-state index contributed by atoms with van der Waals surface area (Å²) in [6.07, 6.45) is 2.78. The number of hydrazone groups is 1. The minimum Gasteiger partial charge on any atom is -0.350 e. The topological polar surface area (TPSA) is 99.3 Å². The van der Waals surface area contributed by atoms with Gasteiger partial charge in [-0.2, -0.15) is 10.4 Å². The third kappa shape index (κ3) is 3.12. The van der Waals surface area contributed by atoms with E-state index in [1.807, 2.05) is 48.0 Å². The summed E-state index contributed by atoms with van der Waals surface area (Å²) in [4.78, 5) is 24.3. The van der Waals surface area contributed by atoms with Gasteiger partial charge in [0.05, 0.1) is 11.3 Å². The Morgan fingerprint density at radius 1 is 1.25 bits per heavy atom. The predicted octanol–water partition coefficient (Wildman–Crippen LogP) is 3.24. The van der Waals surface area contributed by atoms with Gasteiger partial charge in [-0.15, -0.1) is 0 Å². The Bertz CT molecular complexity index is 1180. The largest absolute Gasteiger partial charge is 0.350 e. The molecule has 2 aromatic carbocycles. The number of rotatable bonds is 4. The fraction of sp³-hybridized carbons (Fsp3) is 0.143. The van der Waals surface area contributed by atoms with E-state index in [-0.39, 0.29) is 11.6 Å². The molecule has 138 valence electrons. The number of hydrogen-bond donors (Lipinski definition) is 2. The van der Waals surface area contributed by atoms with Crippen molar-refractivity contribution in [1.82, 2.24) is 4.57 Å². The van der Waals surface area contributed by atoms with Crippen LogP contribution in [0.4, 0.5) is 11.4 Å². The van der Waals surface area contributed by atoms with E-state index in [2.05, 4.69) is 15.8 Å². The fourth-order valence-corrected chi connectivity index (χ4v) is 3.35. The molecule has 0 fully saturated rings. The number of nitrogens with zero attached hydrogens (tertiary/aromatic N) is 3. The van der Waals surface area contributed by atoms with Crippen LogP contribution in [0.5, 0.6) is 0 Å². The first-order valence-electron chi connectivity index (χ1n) is 8.82. The first kappa shape index (κ1) is 17.5. The molecule has 0 saturated heterocycles. The van der Waals surface area contributed by atoms with Crippen molar-refractivity contribution in [1.29, 1.82) is 5.26 Å². The van der Waals surface area contributed by atoms with Gasteiger partial charge in [-0.3, -0.25) is 15.0 Å². The number of anilines is 2. The zero-order valence-electron chi connectivity index (χ0n) is 15.2. The van der Waals surface area contributed by atoms with Gasteiger partial charge < -0.3 is 9.88 Å². The SMILES string of the molecule is Cn1cc(C(=O)/C(C#N)=N/Nc2ccc3c(c2)CCC(=O)N3)c2ccccc21. The Labute approximate surface area is 161 Å². The average molecular weight is 371 g/mol. The summed E-state index contributed by atoms with van der Waals surface area (Å²) in [5.74, 6) is -0.435. The van der Waals surface area contributed by atoms with Gasteiger partial charge in [0.15, 0.2) is 0 Å². The van der Waals surface area contributed by atoms with Crippen LogP contribution in [0.1, 0.15) is 22.3 Å².